The van der Waals surface area contributed by atoms with Crippen molar-refractivity contribution >= 4 is 5.91 Å². The molecule has 8 unspecified atom stereocenters. The van der Waals surface area contributed by atoms with Crippen molar-refractivity contribution in [2.75, 3.05) is 0 Å². The van der Waals surface area contributed by atoms with Crippen molar-refractivity contribution < 1.29 is 4.79 Å². The van der Waals surface area contributed by atoms with Gasteiger partial charge in [-0.25, -0.2) is 0 Å². The molecule has 5 aliphatic rings. The normalized spacial score (nSPS) is 40.2. The van der Waals surface area contributed by atoms with Gasteiger partial charge in [0.15, 0.2) is 0 Å². The maximum Gasteiger partial charge on any atom is 0.223 e. The summed E-state index contributed by atoms with van der Waals surface area (Å²) in [5.41, 5.74) is 2.65. The Morgan fingerprint density at radius 3 is 2.81 bits per heavy atom. The average Bonchev–Trinajstić information content (AvgIpc) is 2.87. The van der Waals surface area contributed by atoms with E-state index in [2.05, 4.69) is 33.7 Å². The van der Waals surface area contributed by atoms with Crippen LogP contribution in [0.3, 0.4) is 0 Å². The second-order valence-corrected chi connectivity index (χ2v) is 11.2. The molecule has 0 radical (unpaired) electrons. The highest BCUT2D eigenvalue weighted by Gasteiger charge is 2.49. The first-order chi connectivity index (χ1) is 15.8. The number of nitrogens with one attached hydrogen (secondary N) is 1. The van der Waals surface area contributed by atoms with Crippen LogP contribution in [0, 0.1) is 47.3 Å². The molecule has 8 atom stereocenters. The summed E-state index contributed by atoms with van der Waals surface area (Å²) < 4.78 is 0. The number of hydrogen-bond donors (Lipinski definition) is 1. The van der Waals surface area contributed by atoms with E-state index in [-0.39, 0.29) is 11.8 Å². The van der Waals surface area contributed by atoms with E-state index >= 15 is 0 Å². The van der Waals surface area contributed by atoms with Crippen molar-refractivity contribution in [2.24, 2.45) is 47.3 Å². The van der Waals surface area contributed by atoms with Gasteiger partial charge in [0.25, 0.3) is 0 Å². The number of carbonyl (C=O) groups excluding carboxylic acids is 1. The molecule has 5 aliphatic carbocycles. The molecule has 0 spiro atoms. The zero-order chi connectivity index (χ0) is 21.5. The molecule has 1 amide bonds. The van der Waals surface area contributed by atoms with Gasteiger partial charge >= 0.3 is 0 Å². The summed E-state index contributed by atoms with van der Waals surface area (Å²) in [5, 5.41) is 11.2. The van der Waals surface area contributed by atoms with E-state index < -0.39 is 0 Å². The summed E-state index contributed by atoms with van der Waals surface area (Å²) in [5.74, 6) is 6.15. The summed E-state index contributed by atoms with van der Waals surface area (Å²) in [6.07, 6.45) is 22.4. The molecule has 1 aromatic rings. The van der Waals surface area contributed by atoms with Crippen LogP contribution >= 0.6 is 0 Å². The predicted octanol–water partition coefficient (Wildman–Crippen LogP) is 5.47. The van der Waals surface area contributed by atoms with E-state index in [9.17, 15) is 4.79 Å². The molecule has 0 saturated heterocycles. The van der Waals surface area contributed by atoms with Gasteiger partial charge in [-0.05, 0) is 112 Å². The molecule has 0 aromatic carbocycles. The molecule has 32 heavy (non-hydrogen) atoms. The minimum absolute atomic E-state index is 0.175. The predicted molar refractivity (Wildman–Crippen MR) is 125 cm³/mol. The van der Waals surface area contributed by atoms with E-state index in [1.807, 2.05) is 17.7 Å². The first-order valence-corrected chi connectivity index (χ1v) is 13.2. The third kappa shape index (κ3) is 3.74. The molecule has 4 heteroatoms. The molecule has 1 N–H and O–H groups in total. The van der Waals surface area contributed by atoms with E-state index in [0.29, 0.717) is 6.54 Å². The number of amides is 1. The SMILES string of the molecule is O=C(NCc1cccnn1)C1CCC2CCC3C4CCC5CCC=CC5C4=CCC3C2C1. The van der Waals surface area contributed by atoms with Gasteiger partial charge in [-0.1, -0.05) is 23.8 Å². The zero-order valence-corrected chi connectivity index (χ0v) is 19.2. The lowest BCUT2D eigenvalue weighted by molar-refractivity contribution is -0.128. The standard InChI is InChI=1S/C28H37N3O/c32-28(29-17-21-5-3-15-30-31-21)20-8-7-19-10-12-25-24-11-9-18-4-1-2-6-22(18)23(24)13-14-26(25)27(19)16-20/h2-3,5-6,13,15,18-20,22,24-27H,1,4,7-12,14,16-17H2,(H,29,32). The summed E-state index contributed by atoms with van der Waals surface area (Å²) in [6, 6.07) is 3.81. The van der Waals surface area contributed by atoms with Crippen LogP contribution in [0.25, 0.3) is 0 Å². The smallest absolute Gasteiger partial charge is 0.223 e. The molecular formula is C28H37N3O. The second-order valence-electron chi connectivity index (χ2n) is 11.2. The number of aromatic nitrogens is 2. The lowest BCUT2D eigenvalue weighted by Crippen LogP contribution is -2.47. The van der Waals surface area contributed by atoms with E-state index in [0.717, 1.165) is 60.0 Å². The van der Waals surface area contributed by atoms with Crippen LogP contribution in [0.5, 0.6) is 0 Å². The number of hydrogen-bond acceptors (Lipinski definition) is 3. The number of fused-ring (bicyclic) bond motifs is 7. The second kappa shape index (κ2) is 8.76. The minimum Gasteiger partial charge on any atom is -0.350 e. The maximum atomic E-state index is 13.0. The Labute approximate surface area is 192 Å². The van der Waals surface area contributed by atoms with Crippen LogP contribution in [0.1, 0.15) is 69.9 Å². The van der Waals surface area contributed by atoms with Crippen LogP contribution in [-0.4, -0.2) is 16.1 Å². The number of allylic oxidation sites excluding steroid dienone is 4. The van der Waals surface area contributed by atoms with Gasteiger partial charge in [0.05, 0.1) is 12.2 Å². The quantitative estimate of drug-likeness (QED) is 0.645. The van der Waals surface area contributed by atoms with Gasteiger partial charge in [0.1, 0.15) is 0 Å². The highest BCUT2D eigenvalue weighted by Crippen LogP contribution is 2.58. The average molecular weight is 432 g/mol. The van der Waals surface area contributed by atoms with E-state index in [1.165, 1.54) is 51.4 Å². The molecule has 3 fully saturated rings. The summed E-state index contributed by atoms with van der Waals surface area (Å²) in [7, 11) is 0. The molecule has 0 aliphatic heterocycles. The Morgan fingerprint density at radius 2 is 1.91 bits per heavy atom. The fourth-order valence-electron chi connectivity index (χ4n) is 8.35. The van der Waals surface area contributed by atoms with Crippen LogP contribution in [0.2, 0.25) is 0 Å². The number of rotatable bonds is 3. The van der Waals surface area contributed by atoms with Crippen LogP contribution in [0.4, 0.5) is 0 Å². The molecule has 4 nitrogen and oxygen atoms in total. The summed E-state index contributed by atoms with van der Waals surface area (Å²) in [4.78, 5) is 13.0. The first-order valence-electron chi connectivity index (χ1n) is 13.2. The van der Waals surface area contributed by atoms with Crippen LogP contribution < -0.4 is 5.32 Å². The van der Waals surface area contributed by atoms with Gasteiger partial charge in [-0.3, -0.25) is 4.79 Å². The van der Waals surface area contributed by atoms with Gasteiger partial charge in [-0.15, -0.1) is 0 Å². The van der Waals surface area contributed by atoms with Crippen molar-refractivity contribution in [2.45, 2.75) is 70.8 Å². The van der Waals surface area contributed by atoms with Crippen molar-refractivity contribution in [1.29, 1.82) is 0 Å². The van der Waals surface area contributed by atoms with E-state index in [1.54, 1.807) is 6.20 Å². The lowest BCUT2D eigenvalue weighted by atomic mass is 9.51. The molecule has 1 heterocycles. The lowest BCUT2D eigenvalue weighted by Gasteiger charge is -2.54. The van der Waals surface area contributed by atoms with Gasteiger partial charge in [-0.2, -0.15) is 10.2 Å². The Hall–Kier alpha value is -1.97. The van der Waals surface area contributed by atoms with E-state index in [4.69, 9.17) is 0 Å². The van der Waals surface area contributed by atoms with Crippen LogP contribution in [0.15, 0.2) is 42.1 Å². The van der Waals surface area contributed by atoms with Gasteiger partial charge in [0.2, 0.25) is 5.91 Å². The molecule has 170 valence electrons. The fourth-order valence-corrected chi connectivity index (χ4v) is 8.35. The third-order valence-electron chi connectivity index (χ3n) is 9.82. The Kier molecular flexibility index (Phi) is 5.64. The maximum absolute atomic E-state index is 13.0. The number of nitrogens with zero attached hydrogens (tertiary/aromatic N) is 2. The molecule has 3 saturated carbocycles. The van der Waals surface area contributed by atoms with Gasteiger partial charge in [0, 0.05) is 18.0 Å². The van der Waals surface area contributed by atoms with Crippen LogP contribution in [-0.2, 0) is 11.3 Å². The highest BCUT2D eigenvalue weighted by molar-refractivity contribution is 5.78. The summed E-state index contributed by atoms with van der Waals surface area (Å²) >= 11 is 0. The fraction of sp³-hybridized carbons (Fsp3) is 0.679. The topological polar surface area (TPSA) is 54.9 Å². The Bertz CT molecular complexity index is 893. The minimum atomic E-state index is 0.175. The first kappa shape index (κ1) is 20.6. The largest absolute Gasteiger partial charge is 0.350 e. The highest BCUT2D eigenvalue weighted by atomic mass is 16.1. The monoisotopic (exact) mass is 431 g/mol. The Balaban J connectivity index is 1.15. The third-order valence-corrected chi connectivity index (χ3v) is 9.82. The molecule has 6 rings (SSSR count). The van der Waals surface area contributed by atoms with Crippen molar-refractivity contribution in [3.05, 3.63) is 47.8 Å². The van der Waals surface area contributed by atoms with Gasteiger partial charge < -0.3 is 5.32 Å². The van der Waals surface area contributed by atoms with Crippen molar-refractivity contribution in [3.8, 4) is 0 Å². The molecule has 1 aromatic heterocycles. The van der Waals surface area contributed by atoms with Crippen molar-refractivity contribution in [3.63, 3.8) is 0 Å². The molecular weight excluding hydrogens is 394 g/mol. The Morgan fingerprint density at radius 1 is 1.00 bits per heavy atom. The molecule has 0 bridgehead atoms. The number of carbonyl (C=O) groups is 1. The van der Waals surface area contributed by atoms with Crippen molar-refractivity contribution in [1.82, 2.24) is 15.5 Å². The zero-order valence-electron chi connectivity index (χ0n) is 19.2. The summed E-state index contributed by atoms with van der Waals surface area (Å²) in [6.45, 7) is 0.494.